The maximum atomic E-state index is 13.3. The van der Waals surface area contributed by atoms with Crippen LogP contribution >= 0.6 is 23.2 Å². The van der Waals surface area contributed by atoms with Crippen LogP contribution in [0.3, 0.4) is 0 Å². The highest BCUT2D eigenvalue weighted by Crippen LogP contribution is 2.21. The van der Waals surface area contributed by atoms with Gasteiger partial charge in [0.25, 0.3) is 5.91 Å². The second-order valence-electron chi connectivity index (χ2n) is 7.85. The van der Waals surface area contributed by atoms with Crippen molar-refractivity contribution >= 4 is 45.9 Å². The molecule has 0 spiro atoms. The maximum Gasteiger partial charge on any atom is 0.253 e. The summed E-state index contributed by atoms with van der Waals surface area (Å²) in [6.07, 6.45) is 2.18. The minimum atomic E-state index is -0.811. The summed E-state index contributed by atoms with van der Waals surface area (Å²) in [6, 6.07) is 20.8. The number of nitrogens with one attached hydrogen (secondary N) is 3. The first-order valence-corrected chi connectivity index (χ1v) is 11.3. The topological polar surface area (TPSA) is 74.0 Å². The van der Waals surface area contributed by atoms with Gasteiger partial charge in [0.1, 0.15) is 6.04 Å². The first-order chi connectivity index (χ1) is 15.9. The number of aromatic nitrogens is 1. The van der Waals surface area contributed by atoms with Crippen molar-refractivity contribution in [3.8, 4) is 0 Å². The molecule has 4 rings (SSSR count). The molecule has 5 nitrogen and oxygen atoms in total. The predicted molar refractivity (Wildman–Crippen MR) is 133 cm³/mol. The van der Waals surface area contributed by atoms with Gasteiger partial charge in [-0.05, 0) is 48.4 Å². The lowest BCUT2D eigenvalue weighted by Gasteiger charge is -2.22. The molecule has 0 bridgehead atoms. The lowest BCUT2D eigenvalue weighted by atomic mass is 10.0. The molecule has 2 atom stereocenters. The second kappa shape index (κ2) is 10.1. The standard InChI is InChI=1S/C26H23Cl2N3O2/c1-16(17-7-6-8-19(27)13-17)30-26(33)24(31-25(32)21-10-2-4-11-22(21)28)14-18-15-29-23-12-5-3-9-20(18)23/h2-13,15-16,24,29H,14H2,1H3,(H,30,33)(H,31,32)/t16?,24-/m1/s1. The summed E-state index contributed by atoms with van der Waals surface area (Å²) in [4.78, 5) is 29.5. The van der Waals surface area contributed by atoms with Gasteiger partial charge in [0.05, 0.1) is 16.6 Å². The van der Waals surface area contributed by atoms with Crippen molar-refractivity contribution in [1.29, 1.82) is 0 Å². The van der Waals surface area contributed by atoms with E-state index in [1.165, 1.54) is 0 Å². The fourth-order valence-corrected chi connectivity index (χ4v) is 4.20. The molecule has 0 saturated carbocycles. The third kappa shape index (κ3) is 5.38. The van der Waals surface area contributed by atoms with Gasteiger partial charge in [-0.1, -0.05) is 65.7 Å². The molecule has 168 valence electrons. The number of aromatic amines is 1. The molecule has 4 aromatic rings. The average Bonchev–Trinajstić information content (AvgIpc) is 3.21. The van der Waals surface area contributed by atoms with Crippen LogP contribution in [-0.4, -0.2) is 22.8 Å². The quantitative estimate of drug-likeness (QED) is 0.318. The molecule has 0 aliphatic rings. The third-order valence-corrected chi connectivity index (χ3v) is 6.11. The summed E-state index contributed by atoms with van der Waals surface area (Å²) in [5, 5.41) is 7.80. The van der Waals surface area contributed by atoms with Crippen LogP contribution in [0.15, 0.2) is 79.0 Å². The van der Waals surface area contributed by atoms with Gasteiger partial charge in [0.15, 0.2) is 0 Å². The first kappa shape index (κ1) is 22.9. The number of fused-ring (bicyclic) bond motifs is 1. The SMILES string of the molecule is CC(NC(=O)[C@@H](Cc1c[nH]c2ccccc12)NC(=O)c1ccccc1Cl)c1cccc(Cl)c1. The van der Waals surface area contributed by atoms with Gasteiger partial charge < -0.3 is 15.6 Å². The highest BCUT2D eigenvalue weighted by Gasteiger charge is 2.25. The van der Waals surface area contributed by atoms with E-state index in [0.29, 0.717) is 22.0 Å². The fourth-order valence-electron chi connectivity index (χ4n) is 3.78. The second-order valence-corrected chi connectivity index (χ2v) is 8.70. The summed E-state index contributed by atoms with van der Waals surface area (Å²) in [6.45, 7) is 1.88. The van der Waals surface area contributed by atoms with E-state index in [0.717, 1.165) is 22.0 Å². The molecule has 0 fully saturated rings. The van der Waals surface area contributed by atoms with Crippen LogP contribution in [0.2, 0.25) is 10.0 Å². The number of rotatable bonds is 7. The molecule has 1 aromatic heterocycles. The lowest BCUT2D eigenvalue weighted by Crippen LogP contribution is -2.48. The van der Waals surface area contributed by atoms with E-state index < -0.39 is 11.9 Å². The molecular weight excluding hydrogens is 457 g/mol. The molecule has 33 heavy (non-hydrogen) atoms. The minimum Gasteiger partial charge on any atom is -0.361 e. The van der Waals surface area contributed by atoms with E-state index in [4.69, 9.17) is 23.2 Å². The monoisotopic (exact) mass is 479 g/mol. The van der Waals surface area contributed by atoms with Gasteiger partial charge in [0.2, 0.25) is 5.91 Å². The Bertz CT molecular complexity index is 1300. The zero-order valence-electron chi connectivity index (χ0n) is 17.9. The Hall–Kier alpha value is -3.28. The Kier molecular flexibility index (Phi) is 7.02. The lowest BCUT2D eigenvalue weighted by molar-refractivity contribution is -0.123. The number of benzene rings is 3. The normalized spacial score (nSPS) is 12.8. The number of H-pyrrole nitrogens is 1. The fraction of sp³-hybridized carbons (Fsp3) is 0.154. The van der Waals surface area contributed by atoms with Crippen molar-refractivity contribution in [2.75, 3.05) is 0 Å². The Labute approximate surface area is 202 Å². The number of halogens is 2. The van der Waals surface area contributed by atoms with Crippen LogP contribution in [0, 0.1) is 0 Å². The van der Waals surface area contributed by atoms with Crippen molar-refractivity contribution in [2.24, 2.45) is 0 Å². The Morgan fingerprint density at radius 2 is 1.70 bits per heavy atom. The van der Waals surface area contributed by atoms with Crippen LogP contribution in [0.4, 0.5) is 0 Å². The average molecular weight is 480 g/mol. The van der Waals surface area contributed by atoms with Gasteiger partial charge in [-0.15, -0.1) is 0 Å². The molecule has 1 heterocycles. The Morgan fingerprint density at radius 1 is 0.939 bits per heavy atom. The molecule has 0 saturated heterocycles. The molecule has 3 aromatic carbocycles. The van der Waals surface area contributed by atoms with Crippen molar-refractivity contribution in [3.05, 3.63) is 106 Å². The Balaban J connectivity index is 1.59. The number of carbonyl (C=O) groups is 2. The Morgan fingerprint density at radius 3 is 2.48 bits per heavy atom. The van der Waals surface area contributed by atoms with Crippen molar-refractivity contribution in [1.82, 2.24) is 15.6 Å². The third-order valence-electron chi connectivity index (χ3n) is 5.55. The van der Waals surface area contributed by atoms with Crippen LogP contribution < -0.4 is 10.6 Å². The molecule has 0 radical (unpaired) electrons. The van der Waals surface area contributed by atoms with E-state index in [-0.39, 0.29) is 11.9 Å². The zero-order chi connectivity index (χ0) is 23.4. The van der Waals surface area contributed by atoms with E-state index in [9.17, 15) is 9.59 Å². The highest BCUT2D eigenvalue weighted by molar-refractivity contribution is 6.33. The summed E-state index contributed by atoms with van der Waals surface area (Å²) in [5.74, 6) is -0.704. The summed E-state index contributed by atoms with van der Waals surface area (Å²) in [5.41, 5.74) is 3.09. The zero-order valence-corrected chi connectivity index (χ0v) is 19.5. The largest absolute Gasteiger partial charge is 0.361 e. The molecule has 2 amide bonds. The van der Waals surface area contributed by atoms with E-state index in [1.54, 1.807) is 30.3 Å². The van der Waals surface area contributed by atoms with Crippen LogP contribution in [0.1, 0.15) is 34.5 Å². The van der Waals surface area contributed by atoms with Gasteiger partial charge >= 0.3 is 0 Å². The minimum absolute atomic E-state index is 0.293. The van der Waals surface area contributed by atoms with E-state index in [2.05, 4.69) is 15.6 Å². The molecule has 0 aliphatic heterocycles. The van der Waals surface area contributed by atoms with Crippen LogP contribution in [-0.2, 0) is 11.2 Å². The predicted octanol–water partition coefficient (Wildman–Crippen LogP) is 5.69. The van der Waals surface area contributed by atoms with Crippen molar-refractivity contribution in [3.63, 3.8) is 0 Å². The van der Waals surface area contributed by atoms with Crippen molar-refractivity contribution in [2.45, 2.75) is 25.4 Å². The number of amides is 2. The molecule has 1 unspecified atom stereocenters. The van der Waals surface area contributed by atoms with E-state index >= 15 is 0 Å². The smallest absolute Gasteiger partial charge is 0.253 e. The van der Waals surface area contributed by atoms with Crippen LogP contribution in [0.25, 0.3) is 10.9 Å². The van der Waals surface area contributed by atoms with Gasteiger partial charge in [-0.2, -0.15) is 0 Å². The van der Waals surface area contributed by atoms with E-state index in [1.807, 2.05) is 55.6 Å². The molecule has 0 aliphatic carbocycles. The molecule has 7 heteroatoms. The van der Waals surface area contributed by atoms with Gasteiger partial charge in [0, 0.05) is 28.5 Å². The molecule has 3 N–H and O–H groups in total. The summed E-state index contributed by atoms with van der Waals surface area (Å²) in [7, 11) is 0. The first-order valence-electron chi connectivity index (χ1n) is 10.6. The summed E-state index contributed by atoms with van der Waals surface area (Å²) >= 11 is 12.3. The highest BCUT2D eigenvalue weighted by atomic mass is 35.5. The number of hydrogen-bond acceptors (Lipinski definition) is 2. The van der Waals surface area contributed by atoms with Gasteiger partial charge in [-0.25, -0.2) is 0 Å². The summed E-state index contributed by atoms with van der Waals surface area (Å²) < 4.78 is 0. The van der Waals surface area contributed by atoms with Crippen molar-refractivity contribution < 1.29 is 9.59 Å². The van der Waals surface area contributed by atoms with Crippen LogP contribution in [0.5, 0.6) is 0 Å². The number of para-hydroxylation sites is 1. The maximum absolute atomic E-state index is 13.3. The number of hydrogen-bond donors (Lipinski definition) is 3. The molecular formula is C26H23Cl2N3O2. The van der Waals surface area contributed by atoms with Gasteiger partial charge in [-0.3, -0.25) is 9.59 Å². The number of carbonyl (C=O) groups excluding carboxylic acids is 2.